The van der Waals surface area contributed by atoms with E-state index in [0.29, 0.717) is 0 Å². The third-order valence-electron chi connectivity index (χ3n) is 9.74. The van der Waals surface area contributed by atoms with E-state index >= 15 is 0 Å². The molecule has 0 spiro atoms. The zero-order valence-electron chi connectivity index (χ0n) is 41.2. The summed E-state index contributed by atoms with van der Waals surface area (Å²) in [5.41, 5.74) is 11.3. The van der Waals surface area contributed by atoms with Crippen LogP contribution in [-0.4, -0.2) is 182 Å². The van der Waals surface area contributed by atoms with Crippen LogP contribution in [0.3, 0.4) is 0 Å². The van der Waals surface area contributed by atoms with Gasteiger partial charge in [0.05, 0.1) is 18.8 Å². The number of carbonyl (C=O) groups excluding carboxylic acids is 9. The van der Waals surface area contributed by atoms with Crippen molar-refractivity contribution in [3.05, 3.63) is 0 Å². The second-order valence-electron chi connectivity index (χ2n) is 18.5. The van der Waals surface area contributed by atoms with Crippen LogP contribution in [-0.2, 0) is 57.4 Å². The highest BCUT2D eigenvalue weighted by Gasteiger charge is 2.44. The van der Waals surface area contributed by atoms with Crippen molar-refractivity contribution in [2.24, 2.45) is 23.3 Å². The van der Waals surface area contributed by atoms with Gasteiger partial charge in [0.25, 0.3) is 0 Å². The van der Waals surface area contributed by atoms with Gasteiger partial charge in [-0.15, -0.1) is 0 Å². The van der Waals surface area contributed by atoms with Crippen molar-refractivity contribution in [3.8, 4) is 0 Å². The molecule has 0 radical (unpaired) electrons. The number of ether oxygens (including phenoxy) is 2. The van der Waals surface area contributed by atoms with E-state index in [1.165, 1.54) is 5.32 Å². The van der Waals surface area contributed by atoms with Gasteiger partial charge in [-0.25, -0.2) is 14.4 Å². The molecule has 0 heterocycles. The summed E-state index contributed by atoms with van der Waals surface area (Å²) in [6, 6.07) is -12.6. The second kappa shape index (κ2) is 30.0. The summed E-state index contributed by atoms with van der Waals surface area (Å²) < 4.78 is 84.0. The molecule has 0 aromatic heterocycles. The lowest BCUT2D eigenvalue weighted by Gasteiger charge is -2.30. The third-order valence-corrected chi connectivity index (χ3v) is 11.4. The number of carboxylic acid groups (broad SMARTS) is 1. The van der Waals surface area contributed by atoms with Crippen LogP contribution in [0.15, 0.2) is 0 Å². The number of alkyl halides is 6. The molecule has 0 aliphatic carbocycles. The number of hydrogen-bond donors (Lipinski definition) is 14. The van der Waals surface area contributed by atoms with E-state index in [-0.39, 0.29) is 37.8 Å². The minimum absolute atomic E-state index is 0.0361. The molecular weight excluding hydrogens is 1020 g/mol. The zero-order chi connectivity index (χ0) is 56.9. The van der Waals surface area contributed by atoms with Crippen LogP contribution >= 0.6 is 0 Å². The molecular formula is C40H67F6N11O15Si. The topological polar surface area (TPSA) is 422 Å². The number of carboxylic acids is 1. The second-order valence-corrected chi connectivity index (χ2v) is 24.0. The summed E-state index contributed by atoms with van der Waals surface area (Å²) >= 11 is 0. The molecule has 7 amide bonds. The lowest BCUT2D eigenvalue weighted by Crippen LogP contribution is -2.61. The fourth-order valence-electron chi connectivity index (χ4n) is 6.00. The first-order chi connectivity index (χ1) is 33.3. The summed E-state index contributed by atoms with van der Waals surface area (Å²) in [7, 11) is -2.40. The molecule has 26 nitrogen and oxygen atoms in total. The normalized spacial score (nSPS) is 15.5. The highest BCUT2D eigenvalue weighted by molar-refractivity contribution is 6.76. The number of hydrogen-bond acceptors (Lipinski definition) is 16. The first kappa shape index (κ1) is 66.6. The fourth-order valence-corrected chi connectivity index (χ4v) is 7.51. The van der Waals surface area contributed by atoms with Crippen molar-refractivity contribution < 1.29 is 99.1 Å². The Labute approximate surface area is 415 Å². The van der Waals surface area contributed by atoms with Gasteiger partial charge in [0.15, 0.2) is 12.0 Å². The Bertz CT molecular complexity index is 1960. The maximum absolute atomic E-state index is 14.0. The number of carbonyl (C=O) groups is 10. The average Bonchev–Trinajstić information content (AvgIpc) is 3.25. The van der Waals surface area contributed by atoms with Crippen molar-refractivity contribution in [1.82, 2.24) is 42.5 Å². The Morgan fingerprint density at radius 2 is 1.08 bits per heavy atom. The van der Waals surface area contributed by atoms with E-state index in [4.69, 9.17) is 16.9 Å². The molecule has 0 aromatic carbocycles. The third kappa shape index (κ3) is 26.3. The summed E-state index contributed by atoms with van der Waals surface area (Å²) in [6.45, 7) is 8.56. The van der Waals surface area contributed by atoms with E-state index in [2.05, 4.69) is 36.1 Å². The molecule has 0 saturated carbocycles. The molecule has 0 aliphatic rings. The highest BCUT2D eigenvalue weighted by atomic mass is 28.3. The lowest BCUT2D eigenvalue weighted by molar-refractivity contribution is -0.201. The first-order valence-electron chi connectivity index (χ1n) is 22.3. The van der Waals surface area contributed by atoms with E-state index < -0.39 is 166 Å². The monoisotopic (exact) mass is 1080 g/mol. The number of aliphatic hydroxyl groups is 2. The van der Waals surface area contributed by atoms with E-state index in [1.807, 2.05) is 5.32 Å². The Hall–Kier alpha value is -6.35. The van der Waals surface area contributed by atoms with Crippen molar-refractivity contribution in [1.29, 1.82) is 5.41 Å². The standard InChI is InChI=1S/C40H67F6N11O15Si/c1-17(2)12-21(54-33(65)26(47)28(60)18(3)4)30(62)53-20(10-9-11-50-38(48)49)29(61)56-24(16-73(6,7)8)32(64)57-27(19(5)58)34(66)51-13-25(59)52-22(14-71-36(69)39(41,42)43)31(63)55-23(35(67)68)15-72-37(70)40(44,45)46/h17-24,26-28,58,60H,9-16,47H2,1-8H3,(H,51,66)(H,52,59)(H,53,62)(H,54,65)(H,55,63)(H,56,61)(H,57,64)(H,67,68)(H4,48,49,50)/t19-,20-,21-,22-,23-,24-,26-,27-,28+/m0/s1. The van der Waals surface area contributed by atoms with Gasteiger partial charge in [-0.3, -0.25) is 39.0 Å². The highest BCUT2D eigenvalue weighted by Crippen LogP contribution is 2.18. The van der Waals surface area contributed by atoms with Crippen LogP contribution < -0.4 is 54.0 Å². The van der Waals surface area contributed by atoms with Crippen molar-refractivity contribution in [3.63, 3.8) is 0 Å². The number of guanidine groups is 1. The summed E-state index contributed by atoms with van der Waals surface area (Å²) in [4.78, 5) is 128. The van der Waals surface area contributed by atoms with E-state index in [1.54, 1.807) is 52.7 Å². The van der Waals surface area contributed by atoms with Crippen LogP contribution in [0.1, 0.15) is 53.9 Å². The minimum Gasteiger partial charge on any atom is -0.480 e. The lowest BCUT2D eigenvalue weighted by atomic mass is 9.98. The van der Waals surface area contributed by atoms with Gasteiger partial charge in [0, 0.05) is 14.6 Å². The predicted octanol–water partition coefficient (Wildman–Crippen LogP) is -3.32. The van der Waals surface area contributed by atoms with Crippen molar-refractivity contribution >= 4 is 73.3 Å². The molecule has 0 aromatic rings. The van der Waals surface area contributed by atoms with Crippen LogP contribution in [0.5, 0.6) is 0 Å². The molecule has 9 atom stereocenters. The van der Waals surface area contributed by atoms with Crippen molar-refractivity contribution in [2.45, 2.75) is 146 Å². The van der Waals surface area contributed by atoms with Gasteiger partial charge in [-0.2, -0.15) is 26.3 Å². The molecule has 0 aliphatic heterocycles. The smallest absolute Gasteiger partial charge is 0.480 e. The molecule has 33 heteroatoms. The zero-order valence-corrected chi connectivity index (χ0v) is 42.2. The number of aliphatic hydroxyl groups excluding tert-OH is 2. The van der Waals surface area contributed by atoms with Gasteiger partial charge in [-0.05, 0) is 44.1 Å². The number of nitrogens with two attached hydrogens (primary N) is 2. The maximum atomic E-state index is 14.0. The number of rotatable bonds is 30. The average molecular weight is 1080 g/mol. The molecule has 73 heavy (non-hydrogen) atoms. The number of esters is 2. The molecule has 0 unspecified atom stereocenters. The SMILES string of the molecule is CC(C)C[C@H](NC(=O)[C@@H](N)[C@H](O)C(C)C)C(=O)N[C@@H](CCCNC(=N)N)C(=O)N[C@@H](C[Si](C)(C)C)C(=O)N[C@H](C(=O)NCC(=O)N[C@@H](COC(=O)C(F)(F)F)C(=O)N[C@@H](COC(=O)C(F)(F)F)C(=O)O)[C@H](C)O. The molecule has 16 N–H and O–H groups in total. The molecule has 0 bridgehead atoms. The number of amides is 7. The Morgan fingerprint density at radius 1 is 0.630 bits per heavy atom. The van der Waals surface area contributed by atoms with Crippen molar-refractivity contribution in [2.75, 3.05) is 26.3 Å². The van der Waals surface area contributed by atoms with E-state index in [0.717, 1.165) is 6.92 Å². The summed E-state index contributed by atoms with van der Waals surface area (Å²) in [5, 5.41) is 55.2. The predicted molar refractivity (Wildman–Crippen MR) is 244 cm³/mol. The maximum Gasteiger partial charge on any atom is 0.490 e. The molecule has 0 fully saturated rings. The largest absolute Gasteiger partial charge is 0.490 e. The van der Waals surface area contributed by atoms with Gasteiger partial charge >= 0.3 is 30.3 Å². The van der Waals surface area contributed by atoms with Crippen LogP contribution in [0.2, 0.25) is 25.7 Å². The number of halogens is 6. The van der Waals surface area contributed by atoms with Gasteiger partial charge < -0.3 is 78.8 Å². The quantitative estimate of drug-likeness (QED) is 0.00836. The molecule has 0 rings (SSSR count). The number of aliphatic carboxylic acids is 1. The van der Waals surface area contributed by atoms with Crippen LogP contribution in [0.4, 0.5) is 26.3 Å². The van der Waals surface area contributed by atoms with E-state index in [9.17, 15) is 89.6 Å². The van der Waals surface area contributed by atoms with Crippen LogP contribution in [0.25, 0.3) is 0 Å². The van der Waals surface area contributed by atoms with Gasteiger partial charge in [0.1, 0.15) is 49.5 Å². The fraction of sp³-hybridized carbons (Fsp3) is 0.725. The molecule has 0 saturated heterocycles. The Morgan fingerprint density at radius 3 is 1.53 bits per heavy atom. The van der Waals surface area contributed by atoms with Crippen LogP contribution in [0, 0.1) is 17.2 Å². The summed E-state index contributed by atoms with van der Waals surface area (Å²) in [6.07, 6.45) is -14.3. The minimum atomic E-state index is -5.66. The number of nitrogens with one attached hydrogen (secondary N) is 9. The summed E-state index contributed by atoms with van der Waals surface area (Å²) in [5.74, 6) is -17.3. The Balaban J connectivity index is 6.52. The Kier molecular flexibility index (Phi) is 27.4. The first-order valence-corrected chi connectivity index (χ1v) is 26.0. The van der Waals surface area contributed by atoms with Gasteiger partial charge in [-0.1, -0.05) is 47.3 Å². The van der Waals surface area contributed by atoms with Gasteiger partial charge in [0.2, 0.25) is 41.4 Å². The molecule has 418 valence electrons.